The van der Waals surface area contributed by atoms with Gasteiger partial charge in [-0.15, -0.1) is 0 Å². The zero-order valence-electron chi connectivity index (χ0n) is 15.5. The van der Waals surface area contributed by atoms with E-state index in [1.54, 1.807) is 49.9 Å². The lowest BCUT2D eigenvalue weighted by molar-refractivity contribution is -0.133. The zero-order chi connectivity index (χ0) is 20.1. The molecule has 0 aliphatic heterocycles. The number of hydrogen-bond donors (Lipinski definition) is 2. The van der Waals surface area contributed by atoms with E-state index < -0.39 is 23.0 Å². The van der Waals surface area contributed by atoms with Crippen molar-refractivity contribution in [1.29, 1.82) is 0 Å². The van der Waals surface area contributed by atoms with Crippen molar-refractivity contribution in [3.8, 4) is 0 Å². The SMILES string of the molecule is Cc1c(F)cccc1C1(C(=O)NO)C=C(c2ccc3cnn(C)c3c2F)CC1. The summed E-state index contributed by atoms with van der Waals surface area (Å²) in [6.45, 7) is 1.59. The number of nitrogens with zero attached hydrogens (tertiary/aromatic N) is 2. The van der Waals surface area contributed by atoms with Crippen LogP contribution in [0.25, 0.3) is 16.5 Å². The molecule has 1 heterocycles. The average Bonchev–Trinajstić information content (AvgIpc) is 3.29. The molecule has 2 N–H and O–H groups in total. The number of aromatic nitrogens is 2. The molecular weight excluding hydrogens is 364 g/mol. The molecule has 1 aliphatic rings. The number of rotatable bonds is 3. The van der Waals surface area contributed by atoms with Crippen LogP contribution < -0.4 is 5.48 Å². The normalized spacial score (nSPS) is 19.1. The number of allylic oxidation sites excluding steroid dienone is 1. The molecule has 0 saturated carbocycles. The summed E-state index contributed by atoms with van der Waals surface area (Å²) < 4.78 is 30.8. The van der Waals surface area contributed by atoms with Gasteiger partial charge in [-0.1, -0.05) is 30.3 Å². The molecule has 3 aromatic rings. The van der Waals surface area contributed by atoms with Gasteiger partial charge in [0.15, 0.2) is 5.82 Å². The molecule has 2 aromatic carbocycles. The van der Waals surface area contributed by atoms with Crippen LogP contribution in [-0.4, -0.2) is 20.9 Å². The maximum atomic E-state index is 15.2. The van der Waals surface area contributed by atoms with Gasteiger partial charge in [0.25, 0.3) is 5.91 Å². The number of hydrogen-bond acceptors (Lipinski definition) is 3. The lowest BCUT2D eigenvalue weighted by Crippen LogP contribution is -2.41. The number of nitrogens with one attached hydrogen (secondary N) is 1. The third-order valence-corrected chi connectivity index (χ3v) is 5.65. The van der Waals surface area contributed by atoms with Crippen LogP contribution in [0.15, 0.2) is 42.6 Å². The van der Waals surface area contributed by atoms with Crippen molar-refractivity contribution in [2.24, 2.45) is 7.05 Å². The Morgan fingerprint density at radius 1 is 1.29 bits per heavy atom. The predicted octanol–water partition coefficient (Wildman–Crippen LogP) is 3.78. The van der Waals surface area contributed by atoms with E-state index in [-0.39, 0.29) is 0 Å². The number of benzene rings is 2. The minimum atomic E-state index is -1.27. The highest BCUT2D eigenvalue weighted by molar-refractivity contribution is 5.95. The molecule has 1 aromatic heterocycles. The van der Waals surface area contributed by atoms with Crippen molar-refractivity contribution in [3.63, 3.8) is 0 Å². The summed E-state index contributed by atoms with van der Waals surface area (Å²) >= 11 is 0. The molecule has 1 aliphatic carbocycles. The Hall–Kier alpha value is -3.06. The predicted molar refractivity (Wildman–Crippen MR) is 101 cm³/mol. The summed E-state index contributed by atoms with van der Waals surface area (Å²) in [6.07, 6.45) is 3.93. The molecule has 144 valence electrons. The molecule has 7 heteroatoms. The third-order valence-electron chi connectivity index (χ3n) is 5.65. The average molecular weight is 383 g/mol. The van der Waals surface area contributed by atoms with Crippen LogP contribution in [0.3, 0.4) is 0 Å². The minimum Gasteiger partial charge on any atom is -0.289 e. The second kappa shape index (κ2) is 6.53. The van der Waals surface area contributed by atoms with Crippen LogP contribution in [0.2, 0.25) is 0 Å². The zero-order valence-corrected chi connectivity index (χ0v) is 15.5. The third kappa shape index (κ3) is 2.54. The maximum Gasteiger partial charge on any atom is 0.257 e. The van der Waals surface area contributed by atoms with Crippen LogP contribution >= 0.6 is 0 Å². The Bertz CT molecular complexity index is 1140. The maximum absolute atomic E-state index is 15.2. The van der Waals surface area contributed by atoms with E-state index in [0.29, 0.717) is 46.0 Å². The second-order valence-electron chi connectivity index (χ2n) is 7.13. The van der Waals surface area contributed by atoms with Gasteiger partial charge < -0.3 is 0 Å². The van der Waals surface area contributed by atoms with Crippen molar-refractivity contribution < 1.29 is 18.8 Å². The van der Waals surface area contributed by atoms with Gasteiger partial charge >= 0.3 is 0 Å². The van der Waals surface area contributed by atoms with Crippen molar-refractivity contribution in [2.45, 2.75) is 25.2 Å². The highest BCUT2D eigenvalue weighted by atomic mass is 19.1. The van der Waals surface area contributed by atoms with Gasteiger partial charge in [-0.25, -0.2) is 14.3 Å². The van der Waals surface area contributed by atoms with E-state index in [2.05, 4.69) is 5.10 Å². The van der Waals surface area contributed by atoms with Crippen molar-refractivity contribution >= 4 is 22.4 Å². The van der Waals surface area contributed by atoms with E-state index in [1.165, 1.54) is 16.8 Å². The van der Waals surface area contributed by atoms with Crippen LogP contribution in [0, 0.1) is 18.6 Å². The molecule has 0 bridgehead atoms. The van der Waals surface area contributed by atoms with Gasteiger partial charge in [0.1, 0.15) is 11.3 Å². The molecule has 1 unspecified atom stereocenters. The standard InChI is InChI=1S/C21H19F2N3O2/c1-12-16(4-3-5-17(12)22)21(20(27)25-28)9-8-13(10-21)15-7-6-14-11-24-26(2)19(14)18(15)23/h3-7,10-11,28H,8-9H2,1-2H3,(H,25,27). The van der Waals surface area contributed by atoms with Gasteiger partial charge in [-0.05, 0) is 42.5 Å². The van der Waals surface area contributed by atoms with E-state index in [9.17, 15) is 14.4 Å². The quantitative estimate of drug-likeness (QED) is 0.534. The van der Waals surface area contributed by atoms with E-state index >= 15 is 4.39 Å². The number of aryl methyl sites for hydroxylation is 1. The highest BCUT2D eigenvalue weighted by Crippen LogP contribution is 2.45. The minimum absolute atomic E-state index is 0.294. The topological polar surface area (TPSA) is 67.2 Å². The Morgan fingerprint density at radius 3 is 2.82 bits per heavy atom. The van der Waals surface area contributed by atoms with E-state index in [0.717, 1.165) is 0 Å². The fourth-order valence-corrected chi connectivity index (χ4v) is 4.16. The lowest BCUT2D eigenvalue weighted by atomic mass is 9.77. The lowest BCUT2D eigenvalue weighted by Gasteiger charge is -2.27. The molecule has 28 heavy (non-hydrogen) atoms. The van der Waals surface area contributed by atoms with Gasteiger partial charge in [0.05, 0.1) is 11.6 Å². The number of carbonyl (C=O) groups is 1. The fourth-order valence-electron chi connectivity index (χ4n) is 4.16. The fraction of sp³-hybridized carbons (Fsp3) is 0.238. The molecule has 0 saturated heterocycles. The Labute approximate surface area is 160 Å². The molecular formula is C21H19F2N3O2. The van der Waals surface area contributed by atoms with Gasteiger partial charge in [0.2, 0.25) is 0 Å². The summed E-state index contributed by atoms with van der Waals surface area (Å²) in [5, 5.41) is 14.1. The number of fused-ring (bicyclic) bond motifs is 1. The second-order valence-corrected chi connectivity index (χ2v) is 7.13. The molecule has 1 atom stereocenters. The molecule has 4 rings (SSSR count). The monoisotopic (exact) mass is 383 g/mol. The van der Waals surface area contributed by atoms with Crippen molar-refractivity contribution in [3.05, 3.63) is 70.9 Å². The summed E-state index contributed by atoms with van der Waals surface area (Å²) in [5.41, 5.74) is 2.59. The molecule has 1 amide bonds. The van der Waals surface area contributed by atoms with Gasteiger partial charge in [-0.2, -0.15) is 5.10 Å². The first-order valence-electron chi connectivity index (χ1n) is 8.91. The van der Waals surface area contributed by atoms with Crippen molar-refractivity contribution in [2.75, 3.05) is 0 Å². The molecule has 0 radical (unpaired) electrons. The van der Waals surface area contributed by atoms with Crippen LogP contribution in [0.5, 0.6) is 0 Å². The molecule has 0 fully saturated rings. The largest absolute Gasteiger partial charge is 0.289 e. The molecule has 5 nitrogen and oxygen atoms in total. The Kier molecular flexibility index (Phi) is 4.27. The highest BCUT2D eigenvalue weighted by Gasteiger charge is 2.43. The van der Waals surface area contributed by atoms with Crippen LogP contribution in [-0.2, 0) is 17.3 Å². The van der Waals surface area contributed by atoms with E-state index in [4.69, 9.17) is 0 Å². The summed E-state index contributed by atoms with van der Waals surface area (Å²) in [4.78, 5) is 12.7. The molecule has 0 spiro atoms. The first kappa shape index (κ1) is 18.3. The number of amides is 1. The summed E-state index contributed by atoms with van der Waals surface area (Å²) in [5.74, 6) is -1.52. The Morgan fingerprint density at radius 2 is 2.07 bits per heavy atom. The van der Waals surface area contributed by atoms with E-state index in [1.807, 2.05) is 0 Å². The Balaban J connectivity index is 1.91. The number of halogens is 2. The van der Waals surface area contributed by atoms with Gasteiger partial charge in [-0.3, -0.25) is 14.7 Å². The van der Waals surface area contributed by atoms with Gasteiger partial charge in [0, 0.05) is 18.0 Å². The number of carbonyl (C=O) groups excluding carboxylic acids is 1. The first-order valence-corrected chi connectivity index (χ1v) is 8.91. The number of hydroxylamine groups is 1. The van der Waals surface area contributed by atoms with Crippen LogP contribution in [0.4, 0.5) is 8.78 Å². The first-order chi connectivity index (χ1) is 13.4. The summed E-state index contributed by atoms with van der Waals surface area (Å²) in [7, 11) is 1.66. The summed E-state index contributed by atoms with van der Waals surface area (Å²) in [6, 6.07) is 7.95. The van der Waals surface area contributed by atoms with Crippen molar-refractivity contribution in [1.82, 2.24) is 15.3 Å². The smallest absolute Gasteiger partial charge is 0.257 e. The van der Waals surface area contributed by atoms with Crippen LogP contribution in [0.1, 0.15) is 29.5 Å².